The molecule has 26 heavy (non-hydrogen) atoms. The van der Waals surface area contributed by atoms with E-state index in [9.17, 15) is 9.59 Å². The number of pyridine rings is 2. The number of carbonyl (C=O) groups excluding carboxylic acids is 1. The van der Waals surface area contributed by atoms with Gasteiger partial charge in [0.2, 0.25) is 0 Å². The van der Waals surface area contributed by atoms with Crippen molar-refractivity contribution in [1.29, 1.82) is 0 Å². The number of aromatic nitrogens is 2. The third-order valence-corrected chi connectivity index (χ3v) is 4.42. The smallest absolute Gasteiger partial charge is 0.255 e. The number of carbonyl (C=O) groups is 1. The Balaban J connectivity index is 1.92. The monoisotopic (exact) mass is 349 g/mol. The first-order valence-corrected chi connectivity index (χ1v) is 8.90. The lowest BCUT2D eigenvalue weighted by Gasteiger charge is -2.22. The number of H-pyrrole nitrogens is 1. The molecule has 1 amide bonds. The Bertz CT molecular complexity index is 964. The largest absolute Gasteiger partial charge is 0.334 e. The molecule has 0 aliphatic carbocycles. The second-order valence-electron chi connectivity index (χ2n) is 6.54. The molecular weight excluding hydrogens is 326 g/mol. The topological polar surface area (TPSA) is 66.1 Å². The van der Waals surface area contributed by atoms with Crippen LogP contribution >= 0.6 is 0 Å². The van der Waals surface area contributed by atoms with E-state index in [1.165, 1.54) is 0 Å². The van der Waals surface area contributed by atoms with Gasteiger partial charge in [-0.1, -0.05) is 25.5 Å². The summed E-state index contributed by atoms with van der Waals surface area (Å²) in [5, 5.41) is 0.967. The lowest BCUT2D eigenvalue weighted by molar-refractivity contribution is 0.0740. The lowest BCUT2D eigenvalue weighted by Crippen LogP contribution is -2.33. The Hall–Kier alpha value is -2.95. The Morgan fingerprint density at radius 3 is 2.81 bits per heavy atom. The van der Waals surface area contributed by atoms with E-state index in [2.05, 4.69) is 16.9 Å². The van der Waals surface area contributed by atoms with Gasteiger partial charge in [0.05, 0.1) is 12.1 Å². The van der Waals surface area contributed by atoms with Crippen LogP contribution in [0, 0.1) is 6.92 Å². The van der Waals surface area contributed by atoms with E-state index in [4.69, 9.17) is 0 Å². The van der Waals surface area contributed by atoms with Crippen LogP contribution in [0.1, 0.15) is 41.3 Å². The van der Waals surface area contributed by atoms with Crippen molar-refractivity contribution in [3.8, 4) is 0 Å². The minimum atomic E-state index is -0.149. The molecule has 1 N–H and O–H groups in total. The Morgan fingerprint density at radius 1 is 1.23 bits per heavy atom. The van der Waals surface area contributed by atoms with Gasteiger partial charge < -0.3 is 9.88 Å². The fourth-order valence-corrected chi connectivity index (χ4v) is 2.96. The van der Waals surface area contributed by atoms with E-state index >= 15 is 0 Å². The van der Waals surface area contributed by atoms with Crippen LogP contribution in [-0.2, 0) is 6.54 Å². The number of unbranched alkanes of at least 4 members (excludes halogenated alkanes) is 1. The number of nitrogens with zero attached hydrogens (tertiary/aromatic N) is 2. The number of rotatable bonds is 6. The highest BCUT2D eigenvalue weighted by Crippen LogP contribution is 2.15. The van der Waals surface area contributed by atoms with Gasteiger partial charge in [-0.3, -0.25) is 14.6 Å². The highest BCUT2D eigenvalue weighted by Gasteiger charge is 2.17. The first-order chi connectivity index (χ1) is 12.6. The first kappa shape index (κ1) is 17.9. The summed E-state index contributed by atoms with van der Waals surface area (Å²) in [5.41, 5.74) is 2.89. The second kappa shape index (κ2) is 7.95. The van der Waals surface area contributed by atoms with Crippen molar-refractivity contribution in [1.82, 2.24) is 14.9 Å². The molecule has 1 aromatic carbocycles. The van der Waals surface area contributed by atoms with Crippen LogP contribution in [0.5, 0.6) is 0 Å². The number of hydrogen-bond acceptors (Lipinski definition) is 3. The summed E-state index contributed by atoms with van der Waals surface area (Å²) < 4.78 is 0. The van der Waals surface area contributed by atoms with Gasteiger partial charge in [-0.05, 0) is 48.6 Å². The molecule has 3 rings (SSSR count). The van der Waals surface area contributed by atoms with Gasteiger partial charge >= 0.3 is 0 Å². The van der Waals surface area contributed by atoms with E-state index < -0.39 is 0 Å². The van der Waals surface area contributed by atoms with E-state index in [1.807, 2.05) is 31.2 Å². The zero-order valence-electron chi connectivity index (χ0n) is 15.2. The molecular formula is C21H23N3O2. The molecule has 0 saturated heterocycles. The predicted octanol–water partition coefficient (Wildman–Crippen LogP) is 3.67. The number of fused-ring (bicyclic) bond motifs is 1. The van der Waals surface area contributed by atoms with Gasteiger partial charge in [-0.25, -0.2) is 0 Å². The van der Waals surface area contributed by atoms with Crippen LogP contribution < -0.4 is 5.56 Å². The number of amides is 1. The Kier molecular flexibility index (Phi) is 5.46. The molecule has 2 heterocycles. The van der Waals surface area contributed by atoms with Crippen molar-refractivity contribution in [3.63, 3.8) is 0 Å². The van der Waals surface area contributed by atoms with E-state index in [0.29, 0.717) is 17.7 Å². The summed E-state index contributed by atoms with van der Waals surface area (Å²) >= 11 is 0. The van der Waals surface area contributed by atoms with E-state index in [1.54, 1.807) is 29.4 Å². The molecule has 0 atom stereocenters. The number of aryl methyl sites for hydroxylation is 1. The zero-order valence-corrected chi connectivity index (χ0v) is 15.2. The zero-order chi connectivity index (χ0) is 18.5. The highest BCUT2D eigenvalue weighted by atomic mass is 16.2. The van der Waals surface area contributed by atoms with Gasteiger partial charge in [0, 0.05) is 30.0 Å². The van der Waals surface area contributed by atoms with Crippen molar-refractivity contribution in [2.45, 2.75) is 33.2 Å². The maximum Gasteiger partial charge on any atom is 0.255 e. The second-order valence-corrected chi connectivity index (χ2v) is 6.54. The summed E-state index contributed by atoms with van der Waals surface area (Å²) in [5.74, 6) is -0.102. The third kappa shape index (κ3) is 3.99. The van der Waals surface area contributed by atoms with Gasteiger partial charge in [-0.2, -0.15) is 0 Å². The molecule has 2 aromatic heterocycles. The molecule has 0 aliphatic heterocycles. The van der Waals surface area contributed by atoms with Crippen molar-refractivity contribution in [3.05, 3.63) is 75.8 Å². The minimum Gasteiger partial charge on any atom is -0.334 e. The number of benzene rings is 1. The fraction of sp³-hybridized carbons (Fsp3) is 0.286. The maximum absolute atomic E-state index is 12.8. The number of hydrogen-bond donors (Lipinski definition) is 1. The first-order valence-electron chi connectivity index (χ1n) is 8.90. The van der Waals surface area contributed by atoms with Gasteiger partial charge in [0.1, 0.15) is 0 Å². The molecule has 0 spiro atoms. The molecule has 5 nitrogen and oxygen atoms in total. The Morgan fingerprint density at radius 2 is 2.08 bits per heavy atom. The normalized spacial score (nSPS) is 10.8. The molecule has 0 aliphatic rings. The maximum atomic E-state index is 12.8. The summed E-state index contributed by atoms with van der Waals surface area (Å²) in [6.07, 6.45) is 5.07. The molecule has 0 fully saturated rings. The van der Waals surface area contributed by atoms with Crippen LogP contribution in [0.3, 0.4) is 0 Å². The third-order valence-electron chi connectivity index (χ3n) is 4.42. The van der Waals surface area contributed by atoms with Gasteiger partial charge in [0.25, 0.3) is 11.5 Å². The van der Waals surface area contributed by atoms with Crippen molar-refractivity contribution >= 4 is 16.8 Å². The SMILES string of the molecule is CCCCN(Cc1cc2ccc(C)cc2[nH]c1=O)C(=O)c1cccnc1. The number of nitrogens with one attached hydrogen (secondary N) is 1. The summed E-state index contributed by atoms with van der Waals surface area (Å²) in [6, 6.07) is 11.3. The minimum absolute atomic E-state index is 0.102. The van der Waals surface area contributed by atoms with Gasteiger partial charge in [0.15, 0.2) is 0 Å². The quantitative estimate of drug-likeness (QED) is 0.738. The van der Waals surface area contributed by atoms with Crippen LogP contribution in [0.2, 0.25) is 0 Å². The number of aromatic amines is 1. The van der Waals surface area contributed by atoms with Crippen LogP contribution in [0.25, 0.3) is 10.9 Å². The van der Waals surface area contributed by atoms with Crippen LogP contribution in [0.4, 0.5) is 0 Å². The summed E-state index contributed by atoms with van der Waals surface area (Å²) in [7, 11) is 0. The average molecular weight is 349 g/mol. The van der Waals surface area contributed by atoms with Gasteiger partial charge in [-0.15, -0.1) is 0 Å². The molecule has 3 aromatic rings. The van der Waals surface area contributed by atoms with Crippen LogP contribution in [-0.4, -0.2) is 27.3 Å². The van der Waals surface area contributed by atoms with E-state index in [-0.39, 0.29) is 18.0 Å². The molecule has 0 bridgehead atoms. The standard InChI is InChI=1S/C21H23N3O2/c1-3-4-10-24(21(26)17-6-5-9-22-13-17)14-18-12-16-8-7-15(2)11-19(16)23-20(18)25/h5-9,11-13H,3-4,10,14H2,1-2H3,(H,23,25). The lowest BCUT2D eigenvalue weighted by atomic mass is 10.1. The molecule has 5 heteroatoms. The molecule has 134 valence electrons. The van der Waals surface area contributed by atoms with Crippen molar-refractivity contribution < 1.29 is 4.79 Å². The predicted molar refractivity (Wildman–Crippen MR) is 103 cm³/mol. The fourth-order valence-electron chi connectivity index (χ4n) is 2.96. The summed E-state index contributed by atoms with van der Waals surface area (Å²) in [6.45, 7) is 4.96. The highest BCUT2D eigenvalue weighted by molar-refractivity contribution is 5.93. The van der Waals surface area contributed by atoms with Crippen LogP contribution in [0.15, 0.2) is 53.6 Å². The Labute approximate surface area is 152 Å². The van der Waals surface area contributed by atoms with E-state index in [0.717, 1.165) is 29.3 Å². The molecule has 0 saturated carbocycles. The van der Waals surface area contributed by atoms with Crippen molar-refractivity contribution in [2.75, 3.05) is 6.54 Å². The summed E-state index contributed by atoms with van der Waals surface area (Å²) in [4.78, 5) is 34.0. The average Bonchev–Trinajstić information content (AvgIpc) is 2.65. The molecule has 0 radical (unpaired) electrons. The van der Waals surface area contributed by atoms with Crippen molar-refractivity contribution in [2.24, 2.45) is 0 Å². The molecule has 0 unspecified atom stereocenters.